The third-order valence-electron chi connectivity index (χ3n) is 5.49. The van der Waals surface area contributed by atoms with Crippen LogP contribution in [0.1, 0.15) is 39.9 Å². The molecule has 1 amide bonds. The van der Waals surface area contributed by atoms with Crippen molar-refractivity contribution in [1.29, 1.82) is 0 Å². The highest BCUT2D eigenvalue weighted by atomic mass is 32.2. The number of aromatic nitrogens is 2. The van der Waals surface area contributed by atoms with Crippen molar-refractivity contribution in [1.82, 2.24) is 24.3 Å². The molecule has 0 bridgehead atoms. The lowest BCUT2D eigenvalue weighted by molar-refractivity contribution is 0.217. The van der Waals surface area contributed by atoms with Crippen LogP contribution in [0.15, 0.2) is 17.0 Å². The van der Waals surface area contributed by atoms with Gasteiger partial charge >= 0.3 is 6.03 Å². The summed E-state index contributed by atoms with van der Waals surface area (Å²) in [6.45, 7) is 12.2. The van der Waals surface area contributed by atoms with Crippen molar-refractivity contribution >= 4 is 51.8 Å². The number of piperazine rings is 1. The number of likely N-dealkylation sites (N-methyl/N-ethyl adjacent to an activating group) is 1. The Labute approximate surface area is 201 Å². The van der Waals surface area contributed by atoms with Crippen LogP contribution in [0.4, 0.5) is 10.5 Å². The Balaban J connectivity index is 2.08. The number of thioether (sulfide) groups is 1. The summed E-state index contributed by atoms with van der Waals surface area (Å²) in [5, 5.41) is 4.22. The van der Waals surface area contributed by atoms with Crippen molar-refractivity contribution in [3.05, 3.63) is 18.0 Å². The minimum Gasteiger partial charge on any atom is -0.346 e. The summed E-state index contributed by atoms with van der Waals surface area (Å²) in [6.07, 6.45) is 1.08. The zero-order valence-electron chi connectivity index (χ0n) is 20.4. The van der Waals surface area contributed by atoms with E-state index < -0.39 is 0 Å². The van der Waals surface area contributed by atoms with Gasteiger partial charge in [0.2, 0.25) is 0 Å². The third-order valence-corrected chi connectivity index (χ3v) is 7.12. The van der Waals surface area contributed by atoms with Gasteiger partial charge in [0.15, 0.2) is 5.11 Å². The van der Waals surface area contributed by atoms with E-state index in [1.54, 1.807) is 35.3 Å². The molecule has 3 rings (SSSR count). The molecule has 9 heteroatoms. The molecular formula is C23H36N6OS2. The van der Waals surface area contributed by atoms with E-state index in [0.717, 1.165) is 70.9 Å². The number of carbonyl (C=O) groups excluding carboxylic acids is 1. The van der Waals surface area contributed by atoms with Crippen LogP contribution in [0.3, 0.4) is 0 Å². The number of rotatable bonds is 4. The van der Waals surface area contributed by atoms with Crippen molar-refractivity contribution in [3.8, 4) is 0 Å². The molecule has 2 heterocycles. The van der Waals surface area contributed by atoms with Gasteiger partial charge in [-0.25, -0.2) is 14.3 Å². The molecular weight excluding hydrogens is 440 g/mol. The van der Waals surface area contributed by atoms with Gasteiger partial charge in [-0.2, -0.15) is 0 Å². The van der Waals surface area contributed by atoms with Crippen molar-refractivity contribution in [2.24, 2.45) is 0 Å². The summed E-state index contributed by atoms with van der Waals surface area (Å²) >= 11 is 7.56. The number of carbonyl (C=O) groups is 1. The summed E-state index contributed by atoms with van der Waals surface area (Å²) in [6, 6.07) is 4.04. The van der Waals surface area contributed by atoms with Crippen LogP contribution in [0.2, 0.25) is 0 Å². The largest absolute Gasteiger partial charge is 0.346 e. The highest BCUT2D eigenvalue weighted by Crippen LogP contribution is 2.35. The van der Waals surface area contributed by atoms with Crippen molar-refractivity contribution in [3.63, 3.8) is 0 Å². The van der Waals surface area contributed by atoms with Gasteiger partial charge in [-0.05, 0) is 43.6 Å². The van der Waals surface area contributed by atoms with E-state index in [2.05, 4.69) is 55.9 Å². The number of hydrogen-bond acceptors (Lipinski definition) is 5. The van der Waals surface area contributed by atoms with E-state index in [-0.39, 0.29) is 11.4 Å². The molecule has 176 valence electrons. The standard InChI is InChI=1S/C23H36N6OS2/c1-8-13-32-19-15-16-18(29(22(30)26(5)6)20(24-16)23(2,3)4)14-17(19)25-21(31)28-11-9-27(7)10-12-28/h14-15H,8-13H2,1-7H3,(H,25,31). The van der Waals surface area contributed by atoms with Crippen molar-refractivity contribution in [2.45, 2.75) is 44.4 Å². The molecule has 0 unspecified atom stereocenters. The van der Waals surface area contributed by atoms with E-state index in [9.17, 15) is 4.79 Å². The normalized spacial score (nSPS) is 15.3. The Kier molecular flexibility index (Phi) is 7.73. The summed E-state index contributed by atoms with van der Waals surface area (Å²) in [5.74, 6) is 1.77. The average Bonchev–Trinajstić information content (AvgIpc) is 3.10. The summed E-state index contributed by atoms with van der Waals surface area (Å²) in [7, 11) is 5.68. The lowest BCUT2D eigenvalue weighted by Crippen LogP contribution is -2.48. The van der Waals surface area contributed by atoms with Gasteiger partial charge < -0.3 is 20.0 Å². The van der Waals surface area contributed by atoms with Gasteiger partial charge in [0, 0.05) is 50.6 Å². The molecule has 1 fully saturated rings. The minimum atomic E-state index is -0.274. The van der Waals surface area contributed by atoms with Crippen LogP contribution in [0.25, 0.3) is 11.0 Å². The average molecular weight is 477 g/mol. The first-order chi connectivity index (χ1) is 15.0. The zero-order chi connectivity index (χ0) is 23.6. The molecule has 2 aromatic rings. The fourth-order valence-electron chi connectivity index (χ4n) is 3.63. The fraction of sp³-hybridized carbons (Fsp3) is 0.609. The first-order valence-corrected chi connectivity index (χ1v) is 12.6. The molecule has 0 atom stereocenters. The number of nitrogens with one attached hydrogen (secondary N) is 1. The minimum absolute atomic E-state index is 0.0982. The fourth-order valence-corrected chi connectivity index (χ4v) is 4.81. The topological polar surface area (TPSA) is 56.6 Å². The second-order valence-electron chi connectivity index (χ2n) is 9.60. The summed E-state index contributed by atoms with van der Waals surface area (Å²) in [4.78, 5) is 25.3. The SMILES string of the molecule is CCCSc1cc2nc(C(C)(C)C)n(C(=O)N(C)C)c2cc1NC(=S)N1CCN(C)CC1. The molecule has 7 nitrogen and oxygen atoms in total. The Morgan fingerprint density at radius 1 is 1.22 bits per heavy atom. The smallest absolute Gasteiger partial charge is 0.329 e. The van der Waals surface area contributed by atoms with Gasteiger partial charge in [0.25, 0.3) is 0 Å². The Hall–Kier alpha value is -1.84. The number of thiocarbonyl (C=S) groups is 1. The first-order valence-electron chi connectivity index (χ1n) is 11.2. The molecule has 1 N–H and O–H groups in total. The Morgan fingerprint density at radius 2 is 1.88 bits per heavy atom. The maximum atomic E-state index is 13.1. The summed E-state index contributed by atoms with van der Waals surface area (Å²) in [5.41, 5.74) is 2.30. The molecule has 32 heavy (non-hydrogen) atoms. The van der Waals surface area contributed by atoms with Crippen LogP contribution in [-0.4, -0.2) is 88.5 Å². The second-order valence-corrected chi connectivity index (χ2v) is 11.1. The number of amides is 1. The molecule has 0 aliphatic carbocycles. The van der Waals surface area contributed by atoms with Crippen LogP contribution in [0.5, 0.6) is 0 Å². The second kappa shape index (κ2) is 9.97. The number of fused-ring (bicyclic) bond motifs is 1. The van der Waals surface area contributed by atoms with E-state index in [4.69, 9.17) is 17.2 Å². The van der Waals surface area contributed by atoms with E-state index in [1.165, 1.54) is 0 Å². The van der Waals surface area contributed by atoms with Crippen molar-refractivity contribution in [2.75, 3.05) is 58.4 Å². The van der Waals surface area contributed by atoms with E-state index >= 15 is 0 Å². The van der Waals surface area contributed by atoms with Gasteiger partial charge in [-0.1, -0.05) is 27.7 Å². The monoisotopic (exact) mass is 476 g/mol. The van der Waals surface area contributed by atoms with Crippen molar-refractivity contribution < 1.29 is 4.79 Å². The quantitative estimate of drug-likeness (QED) is 0.521. The zero-order valence-corrected chi connectivity index (χ0v) is 22.0. The van der Waals surface area contributed by atoms with Gasteiger partial charge in [0.05, 0.1) is 16.7 Å². The van der Waals surface area contributed by atoms with E-state index in [0.29, 0.717) is 0 Å². The number of benzene rings is 1. The number of hydrogen-bond donors (Lipinski definition) is 1. The van der Waals surface area contributed by atoms with E-state index in [1.807, 2.05) is 6.07 Å². The molecule has 1 aromatic heterocycles. The Bertz CT molecular complexity index is 987. The maximum absolute atomic E-state index is 13.1. The summed E-state index contributed by atoms with van der Waals surface area (Å²) < 4.78 is 1.74. The molecule has 1 aliphatic heterocycles. The molecule has 1 saturated heterocycles. The van der Waals surface area contributed by atoms with Crippen LogP contribution < -0.4 is 5.32 Å². The van der Waals surface area contributed by atoms with Crippen LogP contribution in [-0.2, 0) is 5.41 Å². The third kappa shape index (κ3) is 5.38. The number of nitrogens with zero attached hydrogens (tertiary/aromatic N) is 5. The predicted molar refractivity (Wildman–Crippen MR) is 139 cm³/mol. The van der Waals surface area contributed by atoms with Gasteiger partial charge in [-0.3, -0.25) is 0 Å². The maximum Gasteiger partial charge on any atom is 0.329 e. The molecule has 0 spiro atoms. The molecule has 0 radical (unpaired) electrons. The number of anilines is 1. The number of imidazole rings is 1. The highest BCUT2D eigenvalue weighted by Gasteiger charge is 2.28. The van der Waals surface area contributed by atoms with Gasteiger partial charge in [0.1, 0.15) is 5.82 Å². The highest BCUT2D eigenvalue weighted by molar-refractivity contribution is 7.99. The van der Waals surface area contributed by atoms with Crippen LogP contribution in [0, 0.1) is 0 Å². The van der Waals surface area contributed by atoms with Crippen LogP contribution >= 0.6 is 24.0 Å². The molecule has 0 saturated carbocycles. The molecule has 1 aromatic carbocycles. The molecule has 1 aliphatic rings. The Morgan fingerprint density at radius 3 is 2.44 bits per heavy atom. The lowest BCUT2D eigenvalue weighted by Gasteiger charge is -2.34. The van der Waals surface area contributed by atoms with Gasteiger partial charge in [-0.15, -0.1) is 11.8 Å². The first kappa shape index (κ1) is 24.8. The lowest BCUT2D eigenvalue weighted by atomic mass is 9.96. The predicted octanol–water partition coefficient (Wildman–Crippen LogP) is 4.31.